The topological polar surface area (TPSA) is 53.9 Å². The Hall–Kier alpha value is -2.18. The molecule has 1 aliphatic rings. The van der Waals surface area contributed by atoms with Crippen LogP contribution in [0.4, 0.5) is 10.5 Å². The number of carbonyl (C=O) groups excluding carboxylic acids is 1. The van der Waals surface area contributed by atoms with Crippen LogP contribution in [0.2, 0.25) is 0 Å². The Morgan fingerprint density at radius 3 is 2.79 bits per heavy atom. The van der Waals surface area contributed by atoms with Gasteiger partial charge in [-0.05, 0) is 51.0 Å². The fourth-order valence-electron chi connectivity index (χ4n) is 2.56. The third-order valence-corrected chi connectivity index (χ3v) is 5.37. The third-order valence-electron chi connectivity index (χ3n) is 4.02. The molecule has 1 N–H and O–H groups in total. The van der Waals surface area contributed by atoms with E-state index in [1.165, 1.54) is 0 Å². The number of amidine groups is 1. The van der Waals surface area contributed by atoms with Gasteiger partial charge >= 0.3 is 6.03 Å². The number of amides is 2. The number of hydrogen-bond donors (Lipinski definition) is 1. The molecular weight excluding hydrogens is 394 g/mol. The first-order valence-electron chi connectivity index (χ1n) is 9.15. The summed E-state index contributed by atoms with van der Waals surface area (Å²) in [5.74, 6) is 1.52. The molecule has 7 heteroatoms. The normalized spacial score (nSPS) is 15.3. The van der Waals surface area contributed by atoms with Gasteiger partial charge in [0, 0.05) is 17.3 Å². The Kier molecular flexibility index (Phi) is 8.67. The molecule has 1 aliphatic heterocycles. The molecule has 0 aliphatic carbocycles. The summed E-state index contributed by atoms with van der Waals surface area (Å²) in [5.41, 5.74) is 2.02. The van der Waals surface area contributed by atoms with Crippen LogP contribution < -0.4 is 10.1 Å². The fourth-order valence-corrected chi connectivity index (χ4v) is 3.61. The van der Waals surface area contributed by atoms with Gasteiger partial charge in [0.15, 0.2) is 5.17 Å². The summed E-state index contributed by atoms with van der Waals surface area (Å²) in [6, 6.07) is 7.02. The Bertz CT molecular complexity index is 814. The van der Waals surface area contributed by atoms with Crippen LogP contribution in [0, 0.1) is 0 Å². The molecule has 2 amide bonds. The van der Waals surface area contributed by atoms with Crippen LogP contribution in [0.1, 0.15) is 27.2 Å². The Morgan fingerprint density at radius 2 is 2.18 bits per heavy atom. The summed E-state index contributed by atoms with van der Waals surface area (Å²) >= 11 is 7.80. The van der Waals surface area contributed by atoms with Crippen molar-refractivity contribution in [3.05, 3.63) is 59.3 Å². The zero-order valence-corrected chi connectivity index (χ0v) is 18.1. The molecule has 0 fully saturated rings. The molecule has 0 radical (unpaired) electrons. The molecule has 0 aromatic heterocycles. The SMILES string of the molecule is C=C/C=C(\C(C)=C(/C)Cl)N(C(=O)Nc1ccccc1OCC)C1=NCCCS1. The number of allylic oxidation sites excluding steroid dienone is 4. The highest BCUT2D eigenvalue weighted by atomic mass is 35.5. The number of hydrogen-bond acceptors (Lipinski definition) is 4. The first kappa shape index (κ1) is 22.1. The minimum atomic E-state index is -0.328. The quantitative estimate of drug-likeness (QED) is 0.574. The van der Waals surface area contributed by atoms with E-state index in [2.05, 4.69) is 16.9 Å². The van der Waals surface area contributed by atoms with Crippen LogP contribution in [0.3, 0.4) is 0 Å². The van der Waals surface area contributed by atoms with Crippen molar-refractivity contribution in [1.29, 1.82) is 0 Å². The second-order valence-electron chi connectivity index (χ2n) is 6.01. The Morgan fingerprint density at radius 1 is 1.43 bits per heavy atom. The van der Waals surface area contributed by atoms with Crippen molar-refractivity contribution >= 4 is 40.2 Å². The zero-order valence-electron chi connectivity index (χ0n) is 16.5. The van der Waals surface area contributed by atoms with Gasteiger partial charge in [-0.3, -0.25) is 4.99 Å². The lowest BCUT2D eigenvalue weighted by Crippen LogP contribution is -2.39. The number of ether oxygens (including phenoxy) is 1. The highest BCUT2D eigenvalue weighted by Crippen LogP contribution is 2.29. The van der Waals surface area contributed by atoms with Gasteiger partial charge in [-0.25, -0.2) is 9.69 Å². The zero-order chi connectivity index (χ0) is 20.5. The first-order valence-corrected chi connectivity index (χ1v) is 10.5. The van der Waals surface area contributed by atoms with E-state index in [0.29, 0.717) is 40.5 Å². The number of nitrogens with one attached hydrogen (secondary N) is 1. The van der Waals surface area contributed by atoms with Crippen molar-refractivity contribution in [3.8, 4) is 5.75 Å². The van der Waals surface area contributed by atoms with E-state index in [4.69, 9.17) is 16.3 Å². The molecular formula is C21H26ClN3O2S. The van der Waals surface area contributed by atoms with Crippen molar-refractivity contribution in [2.75, 3.05) is 24.2 Å². The molecule has 2 rings (SSSR count). The highest BCUT2D eigenvalue weighted by molar-refractivity contribution is 8.13. The molecule has 0 spiro atoms. The molecule has 0 atom stereocenters. The number of nitrogens with zero attached hydrogens (tertiary/aromatic N) is 2. The first-order chi connectivity index (χ1) is 13.5. The van der Waals surface area contributed by atoms with Gasteiger partial charge in [0.1, 0.15) is 5.75 Å². The van der Waals surface area contributed by atoms with Gasteiger partial charge in [0.25, 0.3) is 0 Å². The second-order valence-corrected chi connectivity index (χ2v) is 7.64. The lowest BCUT2D eigenvalue weighted by molar-refractivity contribution is 0.240. The van der Waals surface area contributed by atoms with E-state index in [0.717, 1.165) is 17.7 Å². The Balaban J connectivity index is 2.46. The van der Waals surface area contributed by atoms with E-state index < -0.39 is 0 Å². The minimum absolute atomic E-state index is 0.328. The number of para-hydroxylation sites is 2. The van der Waals surface area contributed by atoms with Gasteiger partial charge in [0.2, 0.25) is 0 Å². The molecule has 1 heterocycles. The molecule has 0 saturated heterocycles. The van der Waals surface area contributed by atoms with Gasteiger partial charge in [-0.1, -0.05) is 48.2 Å². The Labute approximate surface area is 176 Å². The van der Waals surface area contributed by atoms with E-state index in [1.807, 2.05) is 38.1 Å². The number of halogens is 1. The smallest absolute Gasteiger partial charge is 0.332 e. The molecule has 1 aromatic carbocycles. The summed E-state index contributed by atoms with van der Waals surface area (Å²) < 4.78 is 5.63. The van der Waals surface area contributed by atoms with Gasteiger partial charge in [-0.2, -0.15) is 0 Å². The maximum absolute atomic E-state index is 13.3. The van der Waals surface area contributed by atoms with Crippen LogP contribution in [-0.4, -0.2) is 35.0 Å². The maximum atomic E-state index is 13.3. The summed E-state index contributed by atoms with van der Waals surface area (Å²) in [5, 5.41) is 4.19. The standard InChI is InChI=1S/C21H26ClN3O2S/c1-5-10-18(15(3)16(4)22)25(21-23-13-9-14-28-21)20(26)24-17-11-7-8-12-19(17)27-6-2/h5,7-8,10-12H,1,6,9,13-14H2,2-4H3,(H,24,26)/b16-15+,18-10+. The van der Waals surface area contributed by atoms with Crippen molar-refractivity contribution in [2.45, 2.75) is 27.2 Å². The average molecular weight is 420 g/mol. The molecule has 0 unspecified atom stereocenters. The van der Waals surface area contributed by atoms with Crippen LogP contribution in [0.5, 0.6) is 5.75 Å². The lowest BCUT2D eigenvalue weighted by Gasteiger charge is -2.29. The maximum Gasteiger partial charge on any atom is 0.332 e. The van der Waals surface area contributed by atoms with Crippen LogP contribution in [0.15, 0.2) is 64.3 Å². The van der Waals surface area contributed by atoms with Crippen LogP contribution in [-0.2, 0) is 0 Å². The van der Waals surface area contributed by atoms with E-state index in [9.17, 15) is 4.79 Å². The van der Waals surface area contributed by atoms with E-state index in [-0.39, 0.29) is 6.03 Å². The van der Waals surface area contributed by atoms with E-state index in [1.54, 1.807) is 35.7 Å². The van der Waals surface area contributed by atoms with Crippen molar-refractivity contribution in [1.82, 2.24) is 4.90 Å². The molecule has 1 aromatic rings. The molecule has 0 bridgehead atoms. The summed E-state index contributed by atoms with van der Waals surface area (Å²) in [6.45, 7) is 10.6. The molecule has 0 saturated carbocycles. The molecule has 28 heavy (non-hydrogen) atoms. The number of carbonyl (C=O) groups is 1. The van der Waals surface area contributed by atoms with Crippen LogP contribution in [0.25, 0.3) is 0 Å². The number of rotatable bonds is 6. The molecule has 5 nitrogen and oxygen atoms in total. The third kappa shape index (κ3) is 5.66. The average Bonchev–Trinajstić information content (AvgIpc) is 2.69. The molecule has 150 valence electrons. The van der Waals surface area contributed by atoms with Crippen molar-refractivity contribution in [2.24, 2.45) is 4.99 Å². The van der Waals surface area contributed by atoms with Crippen molar-refractivity contribution < 1.29 is 9.53 Å². The number of benzene rings is 1. The van der Waals surface area contributed by atoms with Gasteiger partial charge in [-0.15, -0.1) is 0 Å². The van der Waals surface area contributed by atoms with Gasteiger partial charge < -0.3 is 10.1 Å². The van der Waals surface area contributed by atoms with Gasteiger partial charge in [0.05, 0.1) is 18.0 Å². The highest BCUT2D eigenvalue weighted by Gasteiger charge is 2.27. The van der Waals surface area contributed by atoms with E-state index >= 15 is 0 Å². The number of thioether (sulfide) groups is 1. The predicted octanol–water partition coefficient (Wildman–Crippen LogP) is 6.01. The number of urea groups is 1. The van der Waals surface area contributed by atoms with Crippen LogP contribution >= 0.6 is 23.4 Å². The summed E-state index contributed by atoms with van der Waals surface area (Å²) in [6.07, 6.45) is 4.40. The predicted molar refractivity (Wildman–Crippen MR) is 120 cm³/mol. The van der Waals surface area contributed by atoms with Crippen molar-refractivity contribution in [3.63, 3.8) is 0 Å². The number of aliphatic imine (C=N–C) groups is 1. The monoisotopic (exact) mass is 419 g/mol. The summed E-state index contributed by atoms with van der Waals surface area (Å²) in [7, 11) is 0. The minimum Gasteiger partial charge on any atom is -0.492 e. The second kappa shape index (κ2) is 11.0. The summed E-state index contributed by atoms with van der Waals surface area (Å²) in [4.78, 5) is 19.5. The largest absolute Gasteiger partial charge is 0.492 e. The lowest BCUT2D eigenvalue weighted by atomic mass is 10.1. The number of anilines is 1. The fraction of sp³-hybridized carbons (Fsp3) is 0.333.